The van der Waals surface area contributed by atoms with Crippen molar-refractivity contribution in [2.45, 2.75) is 26.3 Å². The van der Waals surface area contributed by atoms with Gasteiger partial charge in [0, 0.05) is 30.1 Å². The van der Waals surface area contributed by atoms with Crippen LogP contribution in [0.1, 0.15) is 29.4 Å². The van der Waals surface area contributed by atoms with E-state index in [0.717, 1.165) is 23.5 Å². The molecule has 0 aliphatic carbocycles. The molecule has 0 spiro atoms. The van der Waals surface area contributed by atoms with Gasteiger partial charge in [-0.2, -0.15) is 0 Å². The molecule has 2 heterocycles. The first-order chi connectivity index (χ1) is 11.1. The summed E-state index contributed by atoms with van der Waals surface area (Å²) in [5, 5.41) is 11.5. The van der Waals surface area contributed by atoms with Gasteiger partial charge in [-0.25, -0.2) is 4.98 Å². The van der Waals surface area contributed by atoms with E-state index in [1.54, 1.807) is 11.3 Å². The third-order valence-electron chi connectivity index (χ3n) is 3.92. The van der Waals surface area contributed by atoms with Gasteiger partial charge in [0.15, 0.2) is 0 Å². The van der Waals surface area contributed by atoms with E-state index in [1.165, 1.54) is 5.56 Å². The predicted octanol–water partition coefficient (Wildman–Crippen LogP) is 3.74. The van der Waals surface area contributed by atoms with E-state index >= 15 is 0 Å². The van der Waals surface area contributed by atoms with E-state index in [9.17, 15) is 0 Å². The molecule has 0 fully saturated rings. The highest BCUT2D eigenvalue weighted by atomic mass is 32.1. The van der Waals surface area contributed by atoms with E-state index in [2.05, 4.69) is 41.0 Å². The molecule has 120 valence electrons. The fourth-order valence-corrected chi connectivity index (χ4v) is 2.86. The molecular weight excluding hydrogens is 308 g/mol. The largest absolute Gasteiger partial charge is 0.419 e. The average Bonchev–Trinajstić information content (AvgIpc) is 3.24. The Hall–Kier alpha value is -2.05. The summed E-state index contributed by atoms with van der Waals surface area (Å²) < 4.78 is 5.85. The van der Waals surface area contributed by atoms with Crippen LogP contribution in [0.4, 0.5) is 0 Å². The fourth-order valence-electron chi connectivity index (χ4n) is 2.25. The molecule has 0 amide bonds. The van der Waals surface area contributed by atoms with E-state index in [1.807, 2.05) is 35.8 Å². The Morgan fingerprint density at radius 3 is 2.70 bits per heavy atom. The zero-order valence-corrected chi connectivity index (χ0v) is 14.4. The molecule has 0 aliphatic heterocycles. The first-order valence-corrected chi connectivity index (χ1v) is 8.50. The Balaban J connectivity index is 1.65. The molecule has 5 nitrogen and oxygen atoms in total. The zero-order chi connectivity index (χ0) is 16.2. The van der Waals surface area contributed by atoms with Crippen LogP contribution in [-0.2, 0) is 6.42 Å². The summed E-state index contributed by atoms with van der Waals surface area (Å²) in [6, 6.07) is 8.17. The molecule has 0 saturated carbocycles. The smallest absolute Gasteiger partial charge is 0.247 e. The molecule has 1 unspecified atom stereocenters. The van der Waals surface area contributed by atoms with Crippen LogP contribution in [-0.4, -0.2) is 33.7 Å². The van der Waals surface area contributed by atoms with Crippen molar-refractivity contribution in [3.8, 4) is 11.5 Å². The molecule has 3 aromatic rings. The lowest BCUT2D eigenvalue weighted by molar-refractivity contribution is 0.228. The highest BCUT2D eigenvalue weighted by Crippen LogP contribution is 2.23. The summed E-state index contributed by atoms with van der Waals surface area (Å²) in [5.41, 5.74) is 2.16. The fraction of sp³-hybridized carbons (Fsp3) is 0.353. The summed E-state index contributed by atoms with van der Waals surface area (Å²) >= 11 is 1.69. The Bertz CT molecular complexity index is 736. The first-order valence-electron chi connectivity index (χ1n) is 7.62. The number of likely N-dealkylation sites (N-methyl/N-ethyl adjacent to an activating group) is 1. The number of aryl methyl sites for hydroxylation is 1. The minimum atomic E-state index is 0.0710. The Labute approximate surface area is 140 Å². The maximum atomic E-state index is 5.85. The van der Waals surface area contributed by atoms with Crippen LogP contribution < -0.4 is 0 Å². The van der Waals surface area contributed by atoms with Gasteiger partial charge in [0.1, 0.15) is 0 Å². The van der Waals surface area contributed by atoms with Crippen molar-refractivity contribution in [2.75, 3.05) is 13.6 Å². The number of hydrogen-bond acceptors (Lipinski definition) is 6. The van der Waals surface area contributed by atoms with Gasteiger partial charge in [0.05, 0.1) is 11.0 Å². The Morgan fingerprint density at radius 2 is 2.00 bits per heavy atom. The van der Waals surface area contributed by atoms with Gasteiger partial charge in [-0.05, 0) is 33.0 Å². The highest BCUT2D eigenvalue weighted by molar-refractivity contribution is 7.09. The molecule has 0 aliphatic rings. The lowest BCUT2D eigenvalue weighted by atomic mass is 10.1. The molecule has 6 heteroatoms. The molecule has 0 bridgehead atoms. The molecule has 1 atom stereocenters. The molecule has 0 N–H and O–H groups in total. The lowest BCUT2D eigenvalue weighted by Gasteiger charge is -2.20. The van der Waals surface area contributed by atoms with Crippen LogP contribution in [0, 0.1) is 6.92 Å². The van der Waals surface area contributed by atoms with Gasteiger partial charge in [-0.1, -0.05) is 17.7 Å². The van der Waals surface area contributed by atoms with E-state index in [0.29, 0.717) is 11.8 Å². The van der Waals surface area contributed by atoms with E-state index in [4.69, 9.17) is 4.42 Å². The maximum absolute atomic E-state index is 5.85. The molecule has 23 heavy (non-hydrogen) atoms. The normalized spacial score (nSPS) is 12.7. The Morgan fingerprint density at radius 1 is 1.22 bits per heavy atom. The maximum Gasteiger partial charge on any atom is 0.247 e. The van der Waals surface area contributed by atoms with Crippen molar-refractivity contribution in [1.82, 2.24) is 20.1 Å². The molecule has 1 aromatic carbocycles. The third-order valence-corrected chi connectivity index (χ3v) is 4.76. The predicted molar refractivity (Wildman–Crippen MR) is 91.3 cm³/mol. The van der Waals surface area contributed by atoms with Crippen LogP contribution in [0.3, 0.4) is 0 Å². The zero-order valence-electron chi connectivity index (χ0n) is 13.6. The standard InChI is InChI=1S/C17H20N4OS/c1-12-4-6-14(7-5-12)17-20-19-16(22-17)13(2)21(3)10-8-15-18-9-11-23-15/h4-7,9,11,13H,8,10H2,1-3H3. The van der Waals surface area contributed by atoms with Gasteiger partial charge in [0.25, 0.3) is 0 Å². The van der Waals surface area contributed by atoms with Crippen LogP contribution in [0.25, 0.3) is 11.5 Å². The van der Waals surface area contributed by atoms with Crippen LogP contribution in [0.5, 0.6) is 0 Å². The summed E-state index contributed by atoms with van der Waals surface area (Å²) in [6.45, 7) is 5.04. The van der Waals surface area contributed by atoms with Crippen molar-refractivity contribution in [3.05, 3.63) is 52.3 Å². The van der Waals surface area contributed by atoms with E-state index in [-0.39, 0.29) is 6.04 Å². The van der Waals surface area contributed by atoms with Crippen molar-refractivity contribution >= 4 is 11.3 Å². The SMILES string of the molecule is Cc1ccc(-c2nnc(C(C)N(C)CCc3nccs3)o2)cc1. The first kappa shape index (κ1) is 15.8. The van der Waals surface area contributed by atoms with Gasteiger partial charge in [-0.15, -0.1) is 21.5 Å². The summed E-state index contributed by atoms with van der Waals surface area (Å²) in [6.07, 6.45) is 2.77. The van der Waals surface area contributed by atoms with E-state index < -0.39 is 0 Å². The van der Waals surface area contributed by atoms with Crippen LogP contribution >= 0.6 is 11.3 Å². The number of thiazole rings is 1. The minimum Gasteiger partial charge on any atom is -0.419 e. The molecular formula is C17H20N4OS. The van der Waals surface area contributed by atoms with Crippen LogP contribution in [0.15, 0.2) is 40.3 Å². The van der Waals surface area contributed by atoms with Crippen molar-refractivity contribution < 1.29 is 4.42 Å². The summed E-state index contributed by atoms with van der Waals surface area (Å²) in [4.78, 5) is 6.51. The van der Waals surface area contributed by atoms with Crippen LogP contribution in [0.2, 0.25) is 0 Å². The number of hydrogen-bond donors (Lipinski definition) is 0. The van der Waals surface area contributed by atoms with Crippen molar-refractivity contribution in [1.29, 1.82) is 0 Å². The number of benzene rings is 1. The quantitative estimate of drug-likeness (QED) is 0.690. The van der Waals surface area contributed by atoms with Gasteiger partial charge in [0.2, 0.25) is 11.8 Å². The third kappa shape index (κ3) is 3.83. The van der Waals surface area contributed by atoms with Gasteiger partial charge >= 0.3 is 0 Å². The molecule has 2 aromatic heterocycles. The second-order valence-electron chi connectivity index (χ2n) is 5.64. The number of rotatable bonds is 6. The Kier molecular flexibility index (Phi) is 4.83. The molecule has 3 rings (SSSR count). The van der Waals surface area contributed by atoms with Gasteiger partial charge < -0.3 is 4.42 Å². The average molecular weight is 328 g/mol. The van der Waals surface area contributed by atoms with Gasteiger partial charge in [-0.3, -0.25) is 4.90 Å². The van der Waals surface area contributed by atoms with Crippen molar-refractivity contribution in [3.63, 3.8) is 0 Å². The topological polar surface area (TPSA) is 55.1 Å². The lowest BCUT2D eigenvalue weighted by Crippen LogP contribution is -2.25. The monoisotopic (exact) mass is 328 g/mol. The molecule has 0 radical (unpaired) electrons. The van der Waals surface area contributed by atoms with Crippen molar-refractivity contribution in [2.24, 2.45) is 0 Å². The molecule has 0 saturated heterocycles. The minimum absolute atomic E-state index is 0.0710. The number of nitrogens with zero attached hydrogens (tertiary/aromatic N) is 4. The second-order valence-corrected chi connectivity index (χ2v) is 6.62. The highest BCUT2D eigenvalue weighted by Gasteiger charge is 2.19. The number of aromatic nitrogens is 3. The summed E-state index contributed by atoms with van der Waals surface area (Å²) in [7, 11) is 2.06. The summed E-state index contributed by atoms with van der Waals surface area (Å²) in [5.74, 6) is 1.21. The second kappa shape index (κ2) is 7.02.